The summed E-state index contributed by atoms with van der Waals surface area (Å²) in [6.07, 6.45) is 0. The van der Waals surface area contributed by atoms with Crippen molar-refractivity contribution >= 4 is 82.2 Å². The lowest BCUT2D eigenvalue weighted by atomic mass is 10.1. The van der Waals surface area contributed by atoms with Crippen LogP contribution in [0, 0.1) is 6.92 Å². The summed E-state index contributed by atoms with van der Waals surface area (Å²) in [4.78, 5) is 12.8. The maximum atomic E-state index is 5.83. The Bertz CT molecular complexity index is 679. The molecule has 1 aromatic carbocycles. The second kappa shape index (κ2) is 6.67. The average molecular weight is 438 g/mol. The molecule has 0 amide bonds. The first kappa shape index (κ1) is 18.7. The van der Waals surface area contributed by atoms with E-state index in [1.165, 1.54) is 0 Å². The summed E-state index contributed by atoms with van der Waals surface area (Å²) < 4.78 is -3.77. The maximum absolute atomic E-state index is 5.83. The monoisotopic (exact) mass is 435 g/mol. The van der Waals surface area contributed by atoms with E-state index in [-0.39, 0.29) is 17.5 Å². The van der Waals surface area contributed by atoms with Gasteiger partial charge in [-0.2, -0.15) is 0 Å². The van der Waals surface area contributed by atoms with Gasteiger partial charge < -0.3 is 0 Å². The second-order valence-corrected chi connectivity index (χ2v) is 9.37. The third-order valence-electron chi connectivity index (χ3n) is 2.54. The zero-order valence-electron chi connectivity index (χ0n) is 10.8. The van der Waals surface area contributed by atoms with E-state index in [1.54, 1.807) is 6.07 Å². The number of rotatable bonds is 1. The molecule has 0 aliphatic rings. The van der Waals surface area contributed by atoms with Crippen molar-refractivity contribution in [2.24, 2.45) is 0 Å². The zero-order valence-corrected chi connectivity index (χ0v) is 16.2. The van der Waals surface area contributed by atoms with Crippen molar-refractivity contribution in [1.82, 2.24) is 15.0 Å². The summed E-state index contributed by atoms with van der Waals surface area (Å²) in [5.74, 6) is -0.0862. The minimum Gasteiger partial charge on any atom is -0.209 e. The van der Waals surface area contributed by atoms with Gasteiger partial charge in [-0.3, -0.25) is 0 Å². The van der Waals surface area contributed by atoms with E-state index in [1.807, 2.05) is 19.1 Å². The lowest BCUT2D eigenvalue weighted by Crippen LogP contribution is -2.16. The minimum atomic E-state index is -1.89. The van der Waals surface area contributed by atoms with E-state index < -0.39 is 7.59 Å². The number of aromatic nitrogens is 3. The summed E-state index contributed by atoms with van der Waals surface area (Å²) in [5, 5.41) is 0. The van der Waals surface area contributed by atoms with E-state index >= 15 is 0 Å². The van der Waals surface area contributed by atoms with Crippen LogP contribution in [0.1, 0.15) is 17.2 Å². The number of nitrogens with zero attached hydrogens (tertiary/aromatic N) is 3. The molecule has 0 unspecified atom stereocenters. The van der Waals surface area contributed by atoms with Crippen LogP contribution in [0.2, 0.25) is 0 Å². The molecule has 0 N–H and O–H groups in total. The molecule has 2 rings (SSSR count). The Labute approximate surface area is 162 Å². The topological polar surface area (TPSA) is 38.7 Å². The van der Waals surface area contributed by atoms with Gasteiger partial charge in [0.15, 0.2) is 17.5 Å². The molecule has 0 saturated carbocycles. The fourth-order valence-electron chi connectivity index (χ4n) is 1.58. The summed E-state index contributed by atoms with van der Waals surface area (Å²) in [7, 11) is 0. The Hall–Kier alpha value is 0.320. The van der Waals surface area contributed by atoms with Gasteiger partial charge in [0.2, 0.25) is 7.59 Å². The highest BCUT2D eigenvalue weighted by Gasteiger charge is 2.34. The number of hydrogen-bond donors (Lipinski definition) is 1. The molecule has 0 fully saturated rings. The number of thiol groups is 1. The van der Waals surface area contributed by atoms with Crippen LogP contribution in [-0.2, 0) is 7.59 Å². The Morgan fingerprint density at radius 2 is 1.36 bits per heavy atom. The number of hydrogen-bond acceptors (Lipinski definition) is 4. The predicted octanol–water partition coefficient (Wildman–Crippen LogP) is 5.79. The minimum absolute atomic E-state index is 0.142. The van der Waals surface area contributed by atoms with Crippen molar-refractivity contribution in [2.45, 2.75) is 19.4 Å². The van der Waals surface area contributed by atoms with Gasteiger partial charge in [-0.05, 0) is 24.6 Å². The third-order valence-corrected chi connectivity index (χ3v) is 3.92. The largest absolute Gasteiger partial charge is 0.250 e. The second-order valence-electron chi connectivity index (χ2n) is 4.32. The van der Waals surface area contributed by atoms with Crippen LogP contribution in [0.25, 0.3) is 11.4 Å². The first-order valence-electron chi connectivity index (χ1n) is 5.69. The van der Waals surface area contributed by atoms with Gasteiger partial charge in [0.25, 0.3) is 0 Å². The Morgan fingerprint density at radius 3 is 1.77 bits per heavy atom. The van der Waals surface area contributed by atoms with Crippen LogP contribution in [0.3, 0.4) is 0 Å². The van der Waals surface area contributed by atoms with Gasteiger partial charge in [-0.15, -0.1) is 12.6 Å². The molecule has 0 aliphatic heterocycles. The molecule has 1 aromatic heterocycles. The summed E-state index contributed by atoms with van der Waals surface area (Å²) in [6, 6.07) is 5.48. The molecule has 0 bridgehead atoms. The molecular formula is C12H7Cl6N3S. The smallest absolute Gasteiger partial charge is 0.209 e. The molecule has 1 heterocycles. The number of alkyl halides is 6. The Kier molecular flexibility index (Phi) is 5.66. The van der Waals surface area contributed by atoms with Gasteiger partial charge >= 0.3 is 0 Å². The standard InChI is InChI=1S/C12H7Cl6N3S/c1-5-2-3-6(7(22)4-5)8-19-9(11(13,14)15)21-10(20-8)12(16,17)18/h2-4,22H,1H3. The van der Waals surface area contributed by atoms with Crippen molar-refractivity contribution in [1.29, 1.82) is 0 Å². The Morgan fingerprint density at radius 1 is 0.864 bits per heavy atom. The van der Waals surface area contributed by atoms with Crippen molar-refractivity contribution in [2.75, 3.05) is 0 Å². The highest BCUT2D eigenvalue weighted by atomic mass is 35.6. The number of benzene rings is 1. The molecule has 22 heavy (non-hydrogen) atoms. The normalized spacial score (nSPS) is 12.5. The van der Waals surface area contributed by atoms with Crippen molar-refractivity contribution < 1.29 is 0 Å². The van der Waals surface area contributed by atoms with E-state index in [9.17, 15) is 0 Å². The molecule has 0 spiro atoms. The summed E-state index contributed by atoms with van der Waals surface area (Å²) >= 11 is 39.4. The molecule has 118 valence electrons. The molecule has 0 radical (unpaired) electrons. The van der Waals surface area contributed by atoms with Crippen molar-refractivity contribution in [3.8, 4) is 11.4 Å². The van der Waals surface area contributed by atoms with Gasteiger partial charge in [-0.25, -0.2) is 15.0 Å². The van der Waals surface area contributed by atoms with Crippen LogP contribution in [0.5, 0.6) is 0 Å². The molecule has 0 saturated heterocycles. The molecule has 3 nitrogen and oxygen atoms in total. The lowest BCUT2D eigenvalue weighted by molar-refractivity contribution is 0.849. The van der Waals surface area contributed by atoms with Crippen molar-refractivity contribution in [3.63, 3.8) is 0 Å². The van der Waals surface area contributed by atoms with E-state index in [0.717, 1.165) is 5.56 Å². The van der Waals surface area contributed by atoms with Gasteiger partial charge in [0.05, 0.1) is 0 Å². The van der Waals surface area contributed by atoms with Crippen LogP contribution < -0.4 is 0 Å². The SMILES string of the molecule is Cc1ccc(-c2nc(C(Cl)(Cl)Cl)nc(C(Cl)(Cl)Cl)n2)c(S)c1. The van der Waals surface area contributed by atoms with Gasteiger partial charge in [-0.1, -0.05) is 75.7 Å². The zero-order chi connectivity index (χ0) is 16.7. The maximum Gasteiger partial charge on any atom is 0.250 e. The van der Waals surface area contributed by atoms with Crippen LogP contribution in [-0.4, -0.2) is 15.0 Å². The van der Waals surface area contributed by atoms with E-state index in [0.29, 0.717) is 10.5 Å². The Balaban J connectivity index is 2.70. The molecule has 0 atom stereocenters. The first-order chi connectivity index (χ1) is 9.98. The lowest BCUT2D eigenvalue weighted by Gasteiger charge is -2.16. The first-order valence-corrected chi connectivity index (χ1v) is 8.40. The highest BCUT2D eigenvalue weighted by molar-refractivity contribution is 7.80. The highest BCUT2D eigenvalue weighted by Crippen LogP contribution is 2.41. The molecule has 0 aliphatic carbocycles. The fourth-order valence-corrected chi connectivity index (χ4v) is 2.47. The molecular weight excluding hydrogens is 431 g/mol. The van der Waals surface area contributed by atoms with Gasteiger partial charge in [0, 0.05) is 10.5 Å². The predicted molar refractivity (Wildman–Crippen MR) is 95.7 cm³/mol. The summed E-state index contributed by atoms with van der Waals surface area (Å²) in [6.45, 7) is 1.93. The van der Waals surface area contributed by atoms with Crippen LogP contribution >= 0.6 is 82.2 Å². The summed E-state index contributed by atoms with van der Waals surface area (Å²) in [5.41, 5.74) is 1.62. The van der Waals surface area contributed by atoms with Crippen LogP contribution in [0.15, 0.2) is 23.1 Å². The number of aryl methyl sites for hydroxylation is 1. The number of halogens is 6. The van der Waals surface area contributed by atoms with E-state index in [4.69, 9.17) is 69.6 Å². The average Bonchev–Trinajstić information content (AvgIpc) is 2.36. The fraction of sp³-hybridized carbons (Fsp3) is 0.250. The molecule has 10 heteroatoms. The third kappa shape index (κ3) is 4.44. The molecule has 2 aromatic rings. The van der Waals surface area contributed by atoms with Crippen molar-refractivity contribution in [3.05, 3.63) is 35.4 Å². The van der Waals surface area contributed by atoms with E-state index in [2.05, 4.69) is 27.6 Å². The quantitative estimate of drug-likeness (QED) is 0.453. The van der Waals surface area contributed by atoms with Crippen LogP contribution in [0.4, 0.5) is 0 Å². The van der Waals surface area contributed by atoms with Gasteiger partial charge in [0.1, 0.15) is 0 Å².